The van der Waals surface area contributed by atoms with E-state index in [4.69, 9.17) is 29.1 Å². The summed E-state index contributed by atoms with van der Waals surface area (Å²) < 4.78 is 31.2. The number of nitrogens with zero attached hydrogens (tertiary/aromatic N) is 6. The quantitative estimate of drug-likeness (QED) is 0.00872. The van der Waals surface area contributed by atoms with Crippen LogP contribution < -0.4 is 26.8 Å². The summed E-state index contributed by atoms with van der Waals surface area (Å²) in [5, 5.41) is 33.9. The third-order valence-corrected chi connectivity index (χ3v) is 29.4. The Bertz CT molecular complexity index is 4200. The van der Waals surface area contributed by atoms with Crippen LogP contribution in [0.25, 0.3) is 22.1 Å². The zero-order valence-corrected chi connectivity index (χ0v) is 63.6. The van der Waals surface area contributed by atoms with Crippen molar-refractivity contribution in [1.82, 2.24) is 40.0 Å². The largest absolute Gasteiger partial charge is 0.467 e. The summed E-state index contributed by atoms with van der Waals surface area (Å²) in [6, 6.07) is 22.6. The number of para-hydroxylation sites is 1. The summed E-state index contributed by atoms with van der Waals surface area (Å²) in [5.74, 6) is -0.303. The van der Waals surface area contributed by atoms with Crippen LogP contribution in [0.1, 0.15) is 174 Å². The molecule has 0 radical (unpaired) electrons. The summed E-state index contributed by atoms with van der Waals surface area (Å²) >= 11 is 0. The molecular formula is C81H111N11O12Si. The highest BCUT2D eigenvalue weighted by molar-refractivity contribution is 6.74. The number of ether oxygens (including phenoxy) is 4. The number of unbranched alkanes of at least 4 members (excludes halogenated alkanes) is 1. The van der Waals surface area contributed by atoms with Crippen LogP contribution in [0.3, 0.4) is 0 Å². The highest BCUT2D eigenvalue weighted by Gasteiger charge is 2.80. The van der Waals surface area contributed by atoms with Crippen LogP contribution >= 0.6 is 0 Å². The molecule has 1 aliphatic carbocycles. The van der Waals surface area contributed by atoms with Crippen molar-refractivity contribution in [2.24, 2.45) is 11.3 Å². The molecule has 3 saturated heterocycles. The number of Topliss-reactive ketones (excluding diaryl/α,β-unsaturated/α-hetero) is 2. The number of aryl methyl sites for hydroxylation is 1. The third-order valence-electron chi connectivity index (χ3n) is 24.9. The Morgan fingerprint density at radius 2 is 1.52 bits per heavy atom. The van der Waals surface area contributed by atoms with Gasteiger partial charge in [-0.3, -0.25) is 34.0 Å². The maximum atomic E-state index is 15.4. The van der Waals surface area contributed by atoms with E-state index in [9.17, 15) is 29.4 Å². The van der Waals surface area contributed by atoms with Gasteiger partial charge in [-0.1, -0.05) is 75.9 Å². The van der Waals surface area contributed by atoms with Crippen molar-refractivity contribution in [2.45, 2.75) is 208 Å². The number of aromatic nitrogens is 5. The molecular weight excluding hydrogens is 1350 g/mol. The van der Waals surface area contributed by atoms with E-state index in [2.05, 4.69) is 134 Å². The van der Waals surface area contributed by atoms with Gasteiger partial charge in [0.25, 0.3) is 11.5 Å². The Morgan fingerprint density at radius 1 is 0.810 bits per heavy atom. The number of aliphatic hydroxyl groups is 2. The number of amides is 1. The smallest absolute Gasteiger partial charge is 0.342 e. The lowest BCUT2D eigenvalue weighted by molar-refractivity contribution is -0.214. The number of ketones is 2. The minimum absolute atomic E-state index is 0.0269. The molecule has 1 unspecified atom stereocenters. The fraction of sp³-hybridized carbons (Fsp3) is 0.605. The van der Waals surface area contributed by atoms with Crippen molar-refractivity contribution in [1.29, 1.82) is 0 Å². The van der Waals surface area contributed by atoms with E-state index in [-0.39, 0.29) is 46.5 Å². The Kier molecular flexibility index (Phi) is 23.3. The van der Waals surface area contributed by atoms with Crippen LogP contribution in [0.15, 0.2) is 83.8 Å². The number of nitrogens with one attached hydrogen (secondary N) is 4. The molecule has 1 amide bonds. The summed E-state index contributed by atoms with van der Waals surface area (Å²) in [7, 11) is 0.852. The number of likely N-dealkylation sites (N-methyl/N-ethyl adjacent to an activating group) is 1. The molecule has 4 fully saturated rings. The molecule has 3 aromatic carbocycles. The molecule has 566 valence electrons. The first-order valence-electron chi connectivity index (χ1n) is 38.9. The number of benzene rings is 3. The fourth-order valence-electron chi connectivity index (χ4n) is 20.1. The number of anilines is 3. The van der Waals surface area contributed by atoms with Crippen LogP contribution in [-0.2, 0) is 61.6 Å². The normalized spacial score (nSPS) is 27.4. The summed E-state index contributed by atoms with van der Waals surface area (Å²) in [5.41, 5.74) is 10.9. The van der Waals surface area contributed by atoms with E-state index in [0.717, 1.165) is 119 Å². The number of fused-ring (bicyclic) bond motifs is 7. The first-order valence-corrected chi connectivity index (χ1v) is 41.5. The zero-order valence-electron chi connectivity index (χ0n) is 62.6. The zero-order chi connectivity index (χ0) is 73.7. The van der Waals surface area contributed by atoms with Crippen molar-refractivity contribution in [3.05, 3.63) is 129 Å². The van der Waals surface area contributed by atoms with Gasteiger partial charge in [0.1, 0.15) is 11.6 Å². The van der Waals surface area contributed by atoms with Crippen LogP contribution in [0, 0.1) is 18.3 Å². The highest BCUT2D eigenvalue weighted by atomic mass is 28.4. The van der Waals surface area contributed by atoms with E-state index in [1.165, 1.54) is 46.6 Å². The molecule has 10 atom stereocenters. The molecule has 7 aliphatic rings. The molecule has 13 rings (SSSR count). The fourth-order valence-corrected chi connectivity index (χ4v) is 24.8. The number of nitrogen functional groups attached to an aromatic ring is 1. The topological polar surface area (TPSA) is 302 Å². The molecule has 8 N–H and O–H groups in total. The van der Waals surface area contributed by atoms with Crippen molar-refractivity contribution >= 4 is 71.2 Å². The molecule has 1 spiro atoms. The van der Waals surface area contributed by atoms with Crippen LogP contribution in [0.2, 0.25) is 18.1 Å². The number of rotatable bonds is 33. The molecule has 2 bridgehead atoms. The number of hydrogen-bond acceptors (Lipinski definition) is 20. The number of hydrogen-bond donors (Lipinski definition) is 7. The third kappa shape index (κ3) is 15.2. The van der Waals surface area contributed by atoms with Crippen LogP contribution in [-0.4, -0.2) is 199 Å². The standard InChI is InChI=1S/C81H111N11O12Si/c1-7-78(98)49-55-48-77(4,68-62(30-35-91(52-55)53-78)61-24-10-11-25-65(61)87-68)63-47-64-66(46-54(63)3)90(5)73-80(64)32-36-92-34-19-31-79(8-2,72(80)92)74(81(73,99)75(97)100-6)104-105(43-13-9-14-44-105)45-15-12-20-59(93)22-17-37-101-39-41-103-42-40-102-38-18-23-60(94)21-16-33-83-70(95)56-26-28-57(29-27-56)84-50-58-51-85-69-67(86-58)71(96)89-76(82)88-69/h10-11,19,24-29,31,46-47,51,55,72-74,84,87,98-99H,7-9,12-18,20-23,30,32-45,48-50,52-53H2,1-6H3,(H,83,95)(H3,82,85,88,89,96)/t55-,72+,73-,74-,77-,78+,79-,80-,81+/m1/s1. The predicted octanol–water partition coefficient (Wildman–Crippen LogP) is 10.1. The van der Waals surface area contributed by atoms with E-state index in [0.29, 0.717) is 128 Å². The molecule has 1 saturated carbocycles. The number of esters is 1. The van der Waals surface area contributed by atoms with E-state index < -0.39 is 59.4 Å². The number of methoxy groups -OCH3 is 1. The van der Waals surface area contributed by atoms with Gasteiger partial charge in [0.2, 0.25) is 11.5 Å². The van der Waals surface area contributed by atoms with Crippen molar-refractivity contribution in [3.8, 4) is 0 Å². The Balaban J connectivity index is 0.557. The van der Waals surface area contributed by atoms with Gasteiger partial charge in [0.15, 0.2) is 19.5 Å². The molecule has 9 heterocycles. The maximum Gasteiger partial charge on any atom is 0.342 e. The second kappa shape index (κ2) is 32.3. The van der Waals surface area contributed by atoms with E-state index >= 15 is 4.79 Å². The van der Waals surface area contributed by atoms with Gasteiger partial charge in [-0.2, -0.15) is 4.98 Å². The summed E-state index contributed by atoms with van der Waals surface area (Å²) in [6.07, 6.45) is 18.2. The second-order valence-electron chi connectivity index (χ2n) is 31.6. The van der Waals surface area contributed by atoms with Crippen LogP contribution in [0.4, 0.5) is 17.3 Å². The van der Waals surface area contributed by atoms with E-state index in [1.807, 2.05) is 0 Å². The number of H-pyrrole nitrogens is 2. The number of nitrogens with two attached hydrogens (primary N) is 1. The second-order valence-corrected chi connectivity index (χ2v) is 35.7. The van der Waals surface area contributed by atoms with Gasteiger partial charge < -0.3 is 59.8 Å². The lowest BCUT2D eigenvalue weighted by Gasteiger charge is -2.65. The number of aromatic amines is 2. The maximum absolute atomic E-state index is 15.4. The monoisotopic (exact) mass is 1460 g/mol. The van der Waals surface area contributed by atoms with Gasteiger partial charge in [0.05, 0.1) is 69.7 Å². The van der Waals surface area contributed by atoms with Crippen LogP contribution in [0.5, 0.6) is 0 Å². The summed E-state index contributed by atoms with van der Waals surface area (Å²) in [6.45, 7) is 16.4. The minimum atomic E-state index is -2.67. The molecule has 6 aliphatic heterocycles. The average Bonchev–Trinajstić information content (AvgIpc) is 1.50. The Hall–Kier alpha value is -7.26. The minimum Gasteiger partial charge on any atom is -0.467 e. The van der Waals surface area contributed by atoms with Crippen molar-refractivity contribution < 1.29 is 52.8 Å². The first-order chi connectivity index (χ1) is 50.7. The van der Waals surface area contributed by atoms with Crippen molar-refractivity contribution in [2.75, 3.05) is 109 Å². The molecule has 24 heteroatoms. The first kappa shape index (κ1) is 76.0. The molecule has 6 aromatic rings. The highest BCUT2D eigenvalue weighted by Crippen LogP contribution is 2.68. The van der Waals surface area contributed by atoms with Gasteiger partial charge in [-0.15, -0.1) is 0 Å². The molecule has 3 aromatic heterocycles. The van der Waals surface area contributed by atoms with Gasteiger partial charge >= 0.3 is 5.97 Å². The van der Waals surface area contributed by atoms with Gasteiger partial charge in [-0.25, -0.2) is 14.8 Å². The summed E-state index contributed by atoms with van der Waals surface area (Å²) in [4.78, 5) is 92.7. The van der Waals surface area contributed by atoms with Gasteiger partial charge in [-0.05, 0) is 167 Å². The van der Waals surface area contributed by atoms with Gasteiger partial charge in [0, 0.05) is 134 Å². The van der Waals surface area contributed by atoms with Crippen molar-refractivity contribution in [3.63, 3.8) is 0 Å². The Morgan fingerprint density at radius 3 is 2.25 bits per heavy atom. The lowest BCUT2D eigenvalue weighted by atomic mass is 9.47. The number of carbonyl (C=O) groups is 4. The van der Waals surface area contributed by atoms with E-state index in [1.54, 1.807) is 24.3 Å². The Labute approximate surface area is 618 Å². The predicted molar refractivity (Wildman–Crippen MR) is 408 cm³/mol. The SMILES string of the molecule is CC[C@]1(O)C[C@@H]2CN(CCc3c([nH]c4ccccc34)[C@@](C)(c3cc4c(cc3C)N(C)[C@H]3[C@@](O)(C(=O)OC)[C@H](O[Si]5(CCCCC(=O)CCCOCCOCCOCCCC(=O)CCCNC(=O)c6ccc(NCc7cnc8nc(N)[nH]c(=O)c8n7)cc6)CCCCC5)[C@]5(CC)C=CCN6CC[C@]43[C@@H]65)C2)C1. The number of carbonyl (C=O) groups excluding carboxylic acids is 4. The average molecular weight is 1460 g/mol. The molecule has 23 nitrogen and oxygen atoms in total. The lowest BCUT2D eigenvalue weighted by Crippen LogP contribution is -2.82. The molecule has 105 heavy (non-hydrogen) atoms. The number of piperidine rings is 1.